The number of hydrogen-bond acceptors (Lipinski definition) is 14. The summed E-state index contributed by atoms with van der Waals surface area (Å²) in [7, 11) is 1.55. The second kappa shape index (κ2) is 12.9. The van der Waals surface area contributed by atoms with E-state index < -0.39 is 36.5 Å². The first-order valence-corrected chi connectivity index (χ1v) is 16.7. The van der Waals surface area contributed by atoms with Gasteiger partial charge in [0.2, 0.25) is 11.7 Å². The Labute approximate surface area is 283 Å². The Balaban J connectivity index is 1.25. The number of amides is 1. The first-order chi connectivity index (χ1) is 23.7. The number of amidine groups is 1. The summed E-state index contributed by atoms with van der Waals surface area (Å²) >= 11 is 0. The Morgan fingerprint density at radius 2 is 2.04 bits per heavy atom. The monoisotopic (exact) mass is 675 g/mol. The molecule has 6 aliphatic rings. The van der Waals surface area contributed by atoms with Crippen LogP contribution in [-0.4, -0.2) is 94.3 Å². The molecule has 5 aliphatic heterocycles. The number of allylic oxidation sites excluding steroid dienone is 2. The van der Waals surface area contributed by atoms with E-state index in [2.05, 4.69) is 20.3 Å². The summed E-state index contributed by atoms with van der Waals surface area (Å²) in [6.07, 6.45) is 11.6. The second-order valence-corrected chi connectivity index (χ2v) is 12.9. The zero-order chi connectivity index (χ0) is 34.4. The molecule has 15 heteroatoms. The van der Waals surface area contributed by atoms with Crippen LogP contribution in [0.3, 0.4) is 0 Å². The van der Waals surface area contributed by atoms with Gasteiger partial charge in [0.15, 0.2) is 17.8 Å². The molecule has 1 unspecified atom stereocenters. The number of aliphatic hydroxyl groups is 2. The van der Waals surface area contributed by atoms with Crippen molar-refractivity contribution in [2.75, 3.05) is 26.9 Å². The molecule has 49 heavy (non-hydrogen) atoms. The van der Waals surface area contributed by atoms with Gasteiger partial charge in [-0.1, -0.05) is 25.3 Å². The van der Waals surface area contributed by atoms with Crippen LogP contribution in [0.4, 0.5) is 0 Å². The van der Waals surface area contributed by atoms with Gasteiger partial charge < -0.3 is 45.1 Å². The number of aliphatic imine (C=N–C) groups is 3. The van der Waals surface area contributed by atoms with Crippen LogP contribution in [0.25, 0.3) is 5.57 Å². The average Bonchev–Trinajstić information content (AvgIpc) is 3.85. The summed E-state index contributed by atoms with van der Waals surface area (Å²) in [6, 6.07) is 0. The minimum Gasteiger partial charge on any atom is -0.496 e. The number of ether oxygens (including phenoxy) is 4. The minimum atomic E-state index is -1.11. The maximum atomic E-state index is 13.1. The molecule has 0 bridgehead atoms. The number of benzene rings is 1. The number of nitrogens with zero attached hydrogens (tertiary/aromatic N) is 5. The van der Waals surface area contributed by atoms with Crippen molar-refractivity contribution in [3.05, 3.63) is 47.0 Å². The lowest BCUT2D eigenvalue weighted by Crippen LogP contribution is -2.53. The number of esters is 1. The summed E-state index contributed by atoms with van der Waals surface area (Å²) in [5.74, 6) is 0.115. The molecule has 1 aliphatic carbocycles. The largest absolute Gasteiger partial charge is 0.496 e. The molecule has 1 amide bonds. The third-order valence-electron chi connectivity index (χ3n) is 10.1. The van der Waals surface area contributed by atoms with Crippen molar-refractivity contribution >= 4 is 35.0 Å². The van der Waals surface area contributed by atoms with E-state index in [-0.39, 0.29) is 42.4 Å². The van der Waals surface area contributed by atoms with E-state index in [1.807, 2.05) is 24.1 Å². The zero-order valence-electron chi connectivity index (χ0n) is 27.8. The summed E-state index contributed by atoms with van der Waals surface area (Å²) in [5.41, 5.74) is 7.05. The molecular weight excluding hydrogens is 634 g/mol. The molecule has 15 nitrogen and oxygen atoms in total. The van der Waals surface area contributed by atoms with Crippen molar-refractivity contribution in [1.82, 2.24) is 15.1 Å². The van der Waals surface area contributed by atoms with Gasteiger partial charge in [-0.2, -0.15) is 9.98 Å². The molecule has 0 spiro atoms. The van der Waals surface area contributed by atoms with E-state index in [9.17, 15) is 19.8 Å². The van der Waals surface area contributed by atoms with Crippen molar-refractivity contribution in [3.8, 4) is 17.2 Å². The highest BCUT2D eigenvalue weighted by atomic mass is 16.6. The number of methoxy groups -OCH3 is 1. The zero-order valence-corrected chi connectivity index (χ0v) is 27.8. The highest BCUT2D eigenvalue weighted by molar-refractivity contribution is 6.69. The molecule has 260 valence electrons. The molecular formula is C34H41N7O8. The smallest absolute Gasteiger partial charge is 0.374 e. The Morgan fingerprint density at radius 3 is 2.78 bits per heavy atom. The third kappa shape index (κ3) is 5.60. The van der Waals surface area contributed by atoms with Crippen LogP contribution in [0.1, 0.15) is 62.6 Å². The normalized spacial score (nSPS) is 24.8. The summed E-state index contributed by atoms with van der Waals surface area (Å²) < 4.78 is 24.0. The van der Waals surface area contributed by atoms with Crippen molar-refractivity contribution in [1.29, 1.82) is 0 Å². The molecule has 0 radical (unpaired) electrons. The van der Waals surface area contributed by atoms with Crippen LogP contribution in [0.2, 0.25) is 0 Å². The number of carbonyl (C=O) groups excluding carboxylic acids is 2. The number of nitrogens with one attached hydrogen (secondary N) is 1. The Morgan fingerprint density at radius 1 is 1.24 bits per heavy atom. The van der Waals surface area contributed by atoms with Crippen LogP contribution in [0, 0.1) is 5.92 Å². The molecule has 1 aromatic carbocycles. The van der Waals surface area contributed by atoms with Gasteiger partial charge in [-0.05, 0) is 44.3 Å². The number of aliphatic hydroxyl groups excluding tert-OH is 1. The number of guanidine groups is 1. The Bertz CT molecular complexity index is 1750. The number of nitrogens with two attached hydrogens (primary N) is 1. The summed E-state index contributed by atoms with van der Waals surface area (Å²) in [5, 5.41) is 25.9. The predicted molar refractivity (Wildman–Crippen MR) is 179 cm³/mol. The van der Waals surface area contributed by atoms with E-state index in [4.69, 9.17) is 24.7 Å². The molecule has 1 aromatic rings. The highest BCUT2D eigenvalue weighted by Gasteiger charge is 2.47. The molecule has 5 heterocycles. The van der Waals surface area contributed by atoms with Gasteiger partial charge in [0.05, 0.1) is 31.5 Å². The first kappa shape index (κ1) is 32.6. The van der Waals surface area contributed by atoms with E-state index in [0.29, 0.717) is 47.0 Å². The standard InChI is InChI=1S/C34H41N7O8/c1-4-47-31(44)22-14-18(10-12-40-13-11-36-33(40)41-17-37-25-29(41)38-32(35)39-30(25)43)24-27(46-3)20-15-23(34(2,45)19-8-6-5-7-9-19)49-26(20)21(16-42)28(24)48-22/h10-11,13-14,19,23,33,36,42,45H,4-9,12,15-17H2,1-3H3,(H2,35,39,43)/b18-10+/t23-,33?,34+/m0/s1. The fourth-order valence-corrected chi connectivity index (χ4v) is 7.55. The van der Waals surface area contributed by atoms with Gasteiger partial charge >= 0.3 is 11.9 Å². The molecule has 0 saturated heterocycles. The number of rotatable bonds is 9. The highest BCUT2D eigenvalue weighted by Crippen LogP contribution is 2.54. The number of fused-ring (bicyclic) bond motifs is 3. The average molecular weight is 676 g/mol. The van der Waals surface area contributed by atoms with Gasteiger partial charge in [-0.15, -0.1) is 0 Å². The molecule has 7 rings (SSSR count). The van der Waals surface area contributed by atoms with Gasteiger partial charge in [0, 0.05) is 30.9 Å². The van der Waals surface area contributed by atoms with Gasteiger partial charge in [-0.25, -0.2) is 4.79 Å². The SMILES string of the molecule is CCOC(=O)C1=C/C(=C\CN2C=CNC2N2CN=C3C(=O)N=C(N)N=C32)c2c(OC)c3c(c(CO)c2O1)O[C@H]([C@](C)(O)C1CCCCC1)C3. The predicted octanol–water partition coefficient (Wildman–Crippen LogP) is 1.67. The fourth-order valence-electron chi connectivity index (χ4n) is 7.55. The summed E-state index contributed by atoms with van der Waals surface area (Å²) in [4.78, 5) is 41.5. The number of hydrogen-bond donors (Lipinski definition) is 4. The van der Waals surface area contributed by atoms with Crippen LogP contribution >= 0.6 is 0 Å². The minimum absolute atomic E-state index is 0.0601. The first-order valence-electron chi connectivity index (χ1n) is 16.7. The van der Waals surface area contributed by atoms with Gasteiger partial charge in [0.25, 0.3) is 0 Å². The molecule has 1 saturated carbocycles. The van der Waals surface area contributed by atoms with E-state index >= 15 is 0 Å². The third-order valence-corrected chi connectivity index (χ3v) is 10.1. The second-order valence-electron chi connectivity index (χ2n) is 12.9. The van der Waals surface area contributed by atoms with Crippen molar-refractivity contribution in [2.45, 2.75) is 77.0 Å². The molecule has 0 aromatic heterocycles. The fraction of sp³-hybridized carbons (Fsp3) is 0.500. The van der Waals surface area contributed by atoms with Crippen molar-refractivity contribution in [3.63, 3.8) is 0 Å². The lowest BCUT2D eigenvalue weighted by Gasteiger charge is -2.39. The van der Waals surface area contributed by atoms with Crippen LogP contribution in [-0.2, 0) is 27.4 Å². The lowest BCUT2D eigenvalue weighted by atomic mass is 9.74. The topological polar surface area (TPSA) is 193 Å². The van der Waals surface area contributed by atoms with Crippen molar-refractivity contribution in [2.24, 2.45) is 26.6 Å². The molecule has 3 atom stereocenters. The van der Waals surface area contributed by atoms with E-state index in [1.54, 1.807) is 31.2 Å². The lowest BCUT2D eigenvalue weighted by molar-refractivity contribution is -0.141. The molecule has 5 N–H and O–H groups in total. The summed E-state index contributed by atoms with van der Waals surface area (Å²) in [6.45, 7) is 3.73. The Kier molecular flexibility index (Phi) is 8.57. The van der Waals surface area contributed by atoms with Crippen LogP contribution in [0.5, 0.6) is 17.2 Å². The van der Waals surface area contributed by atoms with Crippen molar-refractivity contribution < 1.29 is 38.7 Å². The maximum absolute atomic E-state index is 13.1. The van der Waals surface area contributed by atoms with Gasteiger partial charge in [-0.3, -0.25) is 14.7 Å². The van der Waals surface area contributed by atoms with Crippen LogP contribution in [0.15, 0.2) is 45.3 Å². The van der Waals surface area contributed by atoms with Gasteiger partial charge in [0.1, 0.15) is 35.6 Å². The molecule has 1 fully saturated rings. The quantitative estimate of drug-likeness (QED) is 0.277. The van der Waals surface area contributed by atoms with E-state index in [0.717, 1.165) is 37.7 Å². The number of carbonyl (C=O) groups is 2. The Hall–Kier alpha value is -4.89. The maximum Gasteiger partial charge on any atom is 0.374 e. The van der Waals surface area contributed by atoms with E-state index in [1.165, 1.54) is 0 Å². The van der Waals surface area contributed by atoms with Crippen LogP contribution < -0.4 is 25.3 Å².